The molecule has 4 nitrogen and oxygen atoms in total. The van der Waals surface area contributed by atoms with Gasteiger partial charge in [-0.05, 0) is 41.1 Å². The van der Waals surface area contributed by atoms with Crippen molar-refractivity contribution in [3.63, 3.8) is 0 Å². The average molecular weight is 356 g/mol. The second-order valence-electron chi connectivity index (χ2n) is 4.89. The lowest BCUT2D eigenvalue weighted by Crippen LogP contribution is -2.18. The molecule has 0 fully saturated rings. The maximum atomic E-state index is 12.1. The molecule has 0 saturated heterocycles. The molecule has 5 heteroatoms. The first-order chi connectivity index (χ1) is 10.7. The SMILES string of the molecule is Cc1[nH]c2ccccc2c1/C=N/NC(=O)c1ccccc1Br. The van der Waals surface area contributed by atoms with Crippen LogP contribution in [0, 0.1) is 6.92 Å². The van der Waals surface area contributed by atoms with Crippen molar-refractivity contribution in [2.75, 3.05) is 0 Å². The topological polar surface area (TPSA) is 57.2 Å². The minimum absolute atomic E-state index is 0.249. The van der Waals surface area contributed by atoms with Crippen LogP contribution < -0.4 is 5.43 Å². The first-order valence-corrected chi connectivity index (χ1v) is 7.61. The third-order valence-corrected chi connectivity index (χ3v) is 4.11. The molecule has 2 N–H and O–H groups in total. The van der Waals surface area contributed by atoms with E-state index >= 15 is 0 Å². The summed E-state index contributed by atoms with van der Waals surface area (Å²) in [5, 5.41) is 5.16. The van der Waals surface area contributed by atoms with E-state index < -0.39 is 0 Å². The van der Waals surface area contributed by atoms with Crippen molar-refractivity contribution in [2.24, 2.45) is 5.10 Å². The lowest BCUT2D eigenvalue weighted by atomic mass is 10.1. The van der Waals surface area contributed by atoms with Gasteiger partial charge in [-0.3, -0.25) is 4.79 Å². The highest BCUT2D eigenvalue weighted by Crippen LogP contribution is 2.20. The Morgan fingerprint density at radius 1 is 1.18 bits per heavy atom. The van der Waals surface area contributed by atoms with Gasteiger partial charge in [-0.2, -0.15) is 5.10 Å². The summed E-state index contributed by atoms with van der Waals surface area (Å²) in [6.45, 7) is 1.98. The number of hydrogen-bond acceptors (Lipinski definition) is 2. The Kier molecular flexibility index (Phi) is 4.06. The fourth-order valence-corrected chi connectivity index (χ4v) is 2.79. The van der Waals surface area contributed by atoms with Gasteiger partial charge in [-0.25, -0.2) is 5.43 Å². The molecule has 0 spiro atoms. The van der Waals surface area contributed by atoms with Gasteiger partial charge in [0.1, 0.15) is 0 Å². The lowest BCUT2D eigenvalue weighted by molar-refractivity contribution is 0.0954. The monoisotopic (exact) mass is 355 g/mol. The number of aryl methyl sites for hydroxylation is 1. The number of amides is 1. The highest BCUT2D eigenvalue weighted by atomic mass is 79.9. The summed E-state index contributed by atoms with van der Waals surface area (Å²) in [7, 11) is 0. The largest absolute Gasteiger partial charge is 0.358 e. The van der Waals surface area contributed by atoms with Gasteiger partial charge in [0.25, 0.3) is 5.91 Å². The van der Waals surface area contributed by atoms with Gasteiger partial charge >= 0.3 is 0 Å². The summed E-state index contributed by atoms with van der Waals surface area (Å²) in [5.41, 5.74) is 6.15. The number of aromatic nitrogens is 1. The van der Waals surface area contributed by atoms with Crippen molar-refractivity contribution < 1.29 is 4.79 Å². The Morgan fingerprint density at radius 2 is 1.91 bits per heavy atom. The Morgan fingerprint density at radius 3 is 2.73 bits per heavy atom. The third kappa shape index (κ3) is 2.80. The average Bonchev–Trinajstić information content (AvgIpc) is 2.83. The van der Waals surface area contributed by atoms with E-state index in [2.05, 4.69) is 31.4 Å². The number of aromatic amines is 1. The minimum Gasteiger partial charge on any atom is -0.358 e. The second-order valence-corrected chi connectivity index (χ2v) is 5.74. The number of fused-ring (bicyclic) bond motifs is 1. The Bertz CT molecular complexity index is 867. The second kappa shape index (κ2) is 6.15. The molecule has 0 unspecified atom stereocenters. The molecular weight excluding hydrogens is 342 g/mol. The standard InChI is InChI=1S/C17H14BrN3O/c1-11-14(12-6-3-5-9-16(12)20-11)10-19-21-17(22)13-7-2-4-8-15(13)18/h2-10,20H,1H3,(H,21,22)/b19-10+. The molecule has 1 amide bonds. The minimum atomic E-state index is -0.249. The molecule has 22 heavy (non-hydrogen) atoms. The fourth-order valence-electron chi connectivity index (χ4n) is 2.33. The summed E-state index contributed by atoms with van der Waals surface area (Å²) in [5.74, 6) is -0.249. The number of benzene rings is 2. The number of halogens is 1. The van der Waals surface area contributed by atoms with Crippen LogP contribution >= 0.6 is 15.9 Å². The van der Waals surface area contributed by atoms with Crippen molar-refractivity contribution >= 4 is 39.0 Å². The van der Waals surface area contributed by atoms with E-state index in [1.807, 2.05) is 49.4 Å². The number of nitrogens with one attached hydrogen (secondary N) is 2. The fraction of sp³-hybridized carbons (Fsp3) is 0.0588. The number of carbonyl (C=O) groups is 1. The highest BCUT2D eigenvalue weighted by molar-refractivity contribution is 9.10. The first-order valence-electron chi connectivity index (χ1n) is 6.82. The molecule has 0 atom stereocenters. The zero-order valence-electron chi connectivity index (χ0n) is 11.9. The molecule has 110 valence electrons. The van der Waals surface area contributed by atoms with Gasteiger partial charge in [0.2, 0.25) is 0 Å². The van der Waals surface area contributed by atoms with E-state index in [1.54, 1.807) is 12.3 Å². The molecule has 0 saturated carbocycles. The van der Waals surface area contributed by atoms with Crippen molar-refractivity contribution in [3.8, 4) is 0 Å². The van der Waals surface area contributed by atoms with Crippen LogP contribution in [-0.4, -0.2) is 17.1 Å². The molecule has 0 aliphatic heterocycles. The number of H-pyrrole nitrogens is 1. The summed E-state index contributed by atoms with van der Waals surface area (Å²) < 4.78 is 0.742. The molecule has 3 rings (SSSR count). The van der Waals surface area contributed by atoms with Crippen LogP contribution in [0.2, 0.25) is 0 Å². The molecule has 0 bridgehead atoms. The zero-order valence-corrected chi connectivity index (χ0v) is 13.5. The predicted molar refractivity (Wildman–Crippen MR) is 92.2 cm³/mol. The van der Waals surface area contributed by atoms with Crippen molar-refractivity contribution in [3.05, 3.63) is 69.8 Å². The summed E-state index contributed by atoms with van der Waals surface area (Å²) in [6.07, 6.45) is 1.67. The van der Waals surface area contributed by atoms with Crippen LogP contribution in [0.15, 0.2) is 58.1 Å². The van der Waals surface area contributed by atoms with Crippen molar-refractivity contribution in [1.29, 1.82) is 0 Å². The van der Waals surface area contributed by atoms with Gasteiger partial charge in [-0.1, -0.05) is 30.3 Å². The molecular formula is C17H14BrN3O. The summed E-state index contributed by atoms with van der Waals surface area (Å²) in [4.78, 5) is 15.4. The van der Waals surface area contributed by atoms with Crippen LogP contribution in [0.5, 0.6) is 0 Å². The number of para-hydroxylation sites is 1. The van der Waals surface area contributed by atoms with E-state index in [0.717, 1.165) is 26.6 Å². The molecule has 0 aliphatic rings. The Hall–Kier alpha value is -2.40. The molecule has 0 aliphatic carbocycles. The van der Waals surface area contributed by atoms with E-state index in [1.165, 1.54) is 0 Å². The van der Waals surface area contributed by atoms with Gasteiger partial charge < -0.3 is 4.98 Å². The van der Waals surface area contributed by atoms with Crippen molar-refractivity contribution in [1.82, 2.24) is 10.4 Å². The van der Waals surface area contributed by atoms with E-state index in [4.69, 9.17) is 0 Å². The predicted octanol–water partition coefficient (Wildman–Crippen LogP) is 4.00. The molecule has 0 radical (unpaired) electrons. The van der Waals surface area contributed by atoms with Crippen molar-refractivity contribution in [2.45, 2.75) is 6.92 Å². The molecule has 2 aromatic carbocycles. The van der Waals surface area contributed by atoms with Gasteiger partial charge in [-0.15, -0.1) is 0 Å². The number of rotatable bonds is 3. The zero-order chi connectivity index (χ0) is 15.5. The van der Waals surface area contributed by atoms with E-state index in [-0.39, 0.29) is 5.91 Å². The number of carbonyl (C=O) groups excluding carboxylic acids is 1. The summed E-state index contributed by atoms with van der Waals surface area (Å²) >= 11 is 3.35. The highest BCUT2D eigenvalue weighted by Gasteiger charge is 2.08. The van der Waals surface area contributed by atoms with Crippen LogP contribution in [0.1, 0.15) is 21.6 Å². The quantitative estimate of drug-likeness (QED) is 0.541. The molecule has 1 aromatic heterocycles. The maximum Gasteiger partial charge on any atom is 0.272 e. The molecule has 3 aromatic rings. The third-order valence-electron chi connectivity index (χ3n) is 3.42. The number of hydrazone groups is 1. The van der Waals surface area contributed by atoms with Gasteiger partial charge in [0.05, 0.1) is 11.8 Å². The lowest BCUT2D eigenvalue weighted by Gasteiger charge is -2.01. The summed E-state index contributed by atoms with van der Waals surface area (Å²) in [6, 6.07) is 15.2. The van der Waals surface area contributed by atoms with Crippen LogP contribution in [-0.2, 0) is 0 Å². The molecule has 1 heterocycles. The van der Waals surface area contributed by atoms with Crippen LogP contribution in [0.3, 0.4) is 0 Å². The van der Waals surface area contributed by atoms with Crippen LogP contribution in [0.25, 0.3) is 10.9 Å². The smallest absolute Gasteiger partial charge is 0.272 e. The first kappa shape index (κ1) is 14.5. The van der Waals surface area contributed by atoms with Gasteiger partial charge in [0, 0.05) is 26.6 Å². The van der Waals surface area contributed by atoms with Gasteiger partial charge in [0.15, 0.2) is 0 Å². The van der Waals surface area contributed by atoms with E-state index in [9.17, 15) is 4.79 Å². The Balaban J connectivity index is 1.81. The number of hydrogen-bond donors (Lipinski definition) is 2. The van der Waals surface area contributed by atoms with Crippen LogP contribution in [0.4, 0.5) is 0 Å². The van der Waals surface area contributed by atoms with E-state index in [0.29, 0.717) is 5.56 Å². The number of nitrogens with zero attached hydrogens (tertiary/aromatic N) is 1. The maximum absolute atomic E-state index is 12.1. The normalized spacial score (nSPS) is 11.2. The Labute approximate surface area is 136 Å².